The Bertz CT molecular complexity index is 960. The Morgan fingerprint density at radius 3 is 2.19 bits per heavy atom. The summed E-state index contributed by atoms with van der Waals surface area (Å²) < 4.78 is 20.3. The molecule has 31 heavy (non-hydrogen) atoms. The predicted molar refractivity (Wildman–Crippen MR) is 124 cm³/mol. The second-order valence-corrected chi connectivity index (χ2v) is 8.36. The quantitative estimate of drug-likeness (QED) is 0.441. The smallest absolute Gasteiger partial charge is 0.165 e. The molecule has 0 N–H and O–H groups in total. The van der Waals surface area contributed by atoms with E-state index in [0.717, 1.165) is 51.3 Å². The summed E-state index contributed by atoms with van der Waals surface area (Å²) in [4.78, 5) is 4.95. The fourth-order valence-corrected chi connectivity index (χ4v) is 4.28. The van der Waals surface area contributed by atoms with Gasteiger partial charge in [-0.05, 0) is 23.8 Å². The van der Waals surface area contributed by atoms with Gasteiger partial charge in [-0.1, -0.05) is 72.3 Å². The first-order valence-electron chi connectivity index (χ1n) is 10.8. The van der Waals surface area contributed by atoms with E-state index in [1.807, 2.05) is 24.3 Å². The van der Waals surface area contributed by atoms with E-state index in [4.69, 9.17) is 16.3 Å². The van der Waals surface area contributed by atoms with Gasteiger partial charge in [-0.25, -0.2) is 4.39 Å². The van der Waals surface area contributed by atoms with Gasteiger partial charge in [-0.3, -0.25) is 4.90 Å². The van der Waals surface area contributed by atoms with E-state index in [0.29, 0.717) is 5.02 Å². The monoisotopic (exact) mass is 438 g/mol. The molecule has 0 bridgehead atoms. The molecule has 5 heteroatoms. The van der Waals surface area contributed by atoms with Crippen molar-refractivity contribution in [1.82, 2.24) is 9.80 Å². The van der Waals surface area contributed by atoms with Crippen LogP contribution in [0.2, 0.25) is 5.02 Å². The molecule has 3 nitrogen and oxygen atoms in total. The van der Waals surface area contributed by atoms with E-state index in [9.17, 15) is 4.39 Å². The van der Waals surface area contributed by atoms with Crippen molar-refractivity contribution in [2.24, 2.45) is 0 Å². The molecule has 4 rings (SSSR count). The average molecular weight is 439 g/mol. The summed E-state index contributed by atoms with van der Waals surface area (Å²) in [5.74, 6) is -0.0887. The standard InChI is InChI=1S/C26H28ClFN2O/c27-23-11-5-4-10-22(23)25(31-26-13-7-6-12-24(26)28)14-15-29-16-18-30(19-17-29)20-21-8-2-1-3-9-21/h1-13,25H,14-20H2. The van der Waals surface area contributed by atoms with Crippen LogP contribution in [0.5, 0.6) is 5.75 Å². The summed E-state index contributed by atoms with van der Waals surface area (Å²) in [6.07, 6.45) is 0.449. The topological polar surface area (TPSA) is 15.7 Å². The molecule has 0 aliphatic carbocycles. The fourth-order valence-electron chi connectivity index (χ4n) is 4.02. The molecule has 0 spiro atoms. The number of piperazine rings is 1. The van der Waals surface area contributed by atoms with Crippen molar-refractivity contribution in [2.45, 2.75) is 19.1 Å². The van der Waals surface area contributed by atoms with Crippen LogP contribution < -0.4 is 4.74 Å². The van der Waals surface area contributed by atoms with Crippen molar-refractivity contribution in [2.75, 3.05) is 32.7 Å². The summed E-state index contributed by atoms with van der Waals surface area (Å²) >= 11 is 6.45. The number of benzene rings is 3. The zero-order valence-corrected chi connectivity index (χ0v) is 18.3. The Labute approximate surface area is 189 Å². The molecule has 1 unspecified atom stereocenters. The lowest BCUT2D eigenvalue weighted by molar-refractivity contribution is 0.105. The van der Waals surface area contributed by atoms with Gasteiger partial charge < -0.3 is 9.64 Å². The summed E-state index contributed by atoms with van der Waals surface area (Å²) in [5.41, 5.74) is 2.25. The van der Waals surface area contributed by atoms with Crippen molar-refractivity contribution in [3.8, 4) is 5.75 Å². The average Bonchev–Trinajstić information content (AvgIpc) is 2.80. The third kappa shape index (κ3) is 6.07. The van der Waals surface area contributed by atoms with Gasteiger partial charge in [0.1, 0.15) is 6.10 Å². The minimum absolute atomic E-state index is 0.264. The molecule has 1 atom stereocenters. The largest absolute Gasteiger partial charge is 0.483 e. The van der Waals surface area contributed by atoms with E-state index in [1.54, 1.807) is 18.2 Å². The van der Waals surface area contributed by atoms with Crippen LogP contribution in [0.1, 0.15) is 23.7 Å². The van der Waals surface area contributed by atoms with Gasteiger partial charge in [0.15, 0.2) is 11.6 Å². The Balaban J connectivity index is 1.36. The first-order valence-corrected chi connectivity index (χ1v) is 11.2. The lowest BCUT2D eigenvalue weighted by Crippen LogP contribution is -2.46. The van der Waals surface area contributed by atoms with Crippen molar-refractivity contribution in [3.63, 3.8) is 0 Å². The second kappa shape index (κ2) is 10.8. The normalized spacial score (nSPS) is 16.2. The van der Waals surface area contributed by atoms with Crippen molar-refractivity contribution < 1.29 is 9.13 Å². The molecular weight excluding hydrogens is 411 g/mol. The molecule has 1 aliphatic heterocycles. The van der Waals surface area contributed by atoms with Gasteiger partial charge in [-0.15, -0.1) is 0 Å². The summed E-state index contributed by atoms with van der Waals surface area (Å²) in [7, 11) is 0. The van der Waals surface area contributed by atoms with E-state index in [2.05, 4.69) is 40.1 Å². The van der Waals surface area contributed by atoms with Crippen LogP contribution in [-0.4, -0.2) is 42.5 Å². The fraction of sp³-hybridized carbons (Fsp3) is 0.308. The van der Waals surface area contributed by atoms with Crippen LogP contribution in [-0.2, 0) is 6.54 Å². The SMILES string of the molecule is Fc1ccccc1OC(CCN1CCN(Cc2ccccc2)CC1)c1ccccc1Cl. The van der Waals surface area contributed by atoms with Crippen molar-refractivity contribution >= 4 is 11.6 Å². The van der Waals surface area contributed by atoms with Crippen LogP contribution in [0.3, 0.4) is 0 Å². The van der Waals surface area contributed by atoms with Gasteiger partial charge in [-0.2, -0.15) is 0 Å². The zero-order chi connectivity index (χ0) is 21.5. The molecule has 1 fully saturated rings. The van der Waals surface area contributed by atoms with Crippen molar-refractivity contribution in [3.05, 3.63) is 101 Å². The molecule has 1 aliphatic rings. The molecule has 1 heterocycles. The Morgan fingerprint density at radius 1 is 0.806 bits per heavy atom. The molecule has 0 aromatic heterocycles. The van der Waals surface area contributed by atoms with Gasteiger partial charge in [0.2, 0.25) is 0 Å². The van der Waals surface area contributed by atoms with Crippen molar-refractivity contribution in [1.29, 1.82) is 0 Å². The molecule has 1 saturated heterocycles. The Kier molecular flexibility index (Phi) is 7.57. The molecule has 162 valence electrons. The second-order valence-electron chi connectivity index (χ2n) is 7.95. The third-order valence-corrected chi connectivity index (χ3v) is 6.12. The van der Waals surface area contributed by atoms with Crippen LogP contribution in [0.4, 0.5) is 4.39 Å². The highest BCUT2D eigenvalue weighted by Crippen LogP contribution is 2.31. The van der Waals surface area contributed by atoms with Crippen LogP contribution in [0.25, 0.3) is 0 Å². The molecule has 0 saturated carbocycles. The number of hydrogen-bond donors (Lipinski definition) is 0. The predicted octanol–water partition coefficient (Wildman–Crippen LogP) is 5.81. The van der Waals surface area contributed by atoms with Gasteiger partial charge >= 0.3 is 0 Å². The Morgan fingerprint density at radius 2 is 1.45 bits per heavy atom. The highest BCUT2D eigenvalue weighted by molar-refractivity contribution is 6.31. The summed E-state index contributed by atoms with van der Waals surface area (Å²) in [5, 5.41) is 0.650. The van der Waals surface area contributed by atoms with E-state index >= 15 is 0 Å². The van der Waals surface area contributed by atoms with E-state index in [-0.39, 0.29) is 17.7 Å². The van der Waals surface area contributed by atoms with Gasteiger partial charge in [0, 0.05) is 56.3 Å². The Hall–Kier alpha value is -2.40. The van der Waals surface area contributed by atoms with Crippen LogP contribution >= 0.6 is 11.6 Å². The summed E-state index contributed by atoms with van der Waals surface area (Å²) in [6.45, 7) is 5.99. The maximum Gasteiger partial charge on any atom is 0.165 e. The number of nitrogens with zero attached hydrogens (tertiary/aromatic N) is 2. The maximum absolute atomic E-state index is 14.2. The van der Waals surface area contributed by atoms with Gasteiger partial charge in [0.25, 0.3) is 0 Å². The van der Waals surface area contributed by atoms with Crippen LogP contribution in [0, 0.1) is 5.82 Å². The molecule has 3 aromatic carbocycles. The minimum atomic E-state index is -0.353. The van der Waals surface area contributed by atoms with E-state index < -0.39 is 0 Å². The van der Waals surface area contributed by atoms with E-state index in [1.165, 1.54) is 11.6 Å². The highest BCUT2D eigenvalue weighted by atomic mass is 35.5. The maximum atomic E-state index is 14.2. The molecular formula is C26H28ClFN2O. The number of rotatable bonds is 8. The lowest BCUT2D eigenvalue weighted by atomic mass is 10.1. The number of hydrogen-bond acceptors (Lipinski definition) is 3. The minimum Gasteiger partial charge on any atom is -0.483 e. The first-order chi connectivity index (χ1) is 15.2. The number of ether oxygens (including phenoxy) is 1. The third-order valence-electron chi connectivity index (χ3n) is 5.78. The molecule has 0 radical (unpaired) electrons. The number of para-hydroxylation sites is 1. The summed E-state index contributed by atoms with van der Waals surface area (Å²) in [6, 6.07) is 24.8. The van der Waals surface area contributed by atoms with Crippen LogP contribution in [0.15, 0.2) is 78.9 Å². The zero-order valence-electron chi connectivity index (χ0n) is 17.6. The molecule has 3 aromatic rings. The lowest BCUT2D eigenvalue weighted by Gasteiger charge is -2.35. The van der Waals surface area contributed by atoms with Gasteiger partial charge in [0.05, 0.1) is 0 Å². The first kappa shape index (κ1) is 21.8. The number of halogens is 2. The highest BCUT2D eigenvalue weighted by Gasteiger charge is 2.22. The molecule has 0 amide bonds.